The molecule has 16 heavy (non-hydrogen) atoms. The van der Waals surface area contributed by atoms with Crippen LogP contribution in [0.15, 0.2) is 18.2 Å². The molecule has 0 spiro atoms. The second-order valence-electron chi connectivity index (χ2n) is 4.51. The lowest BCUT2D eigenvalue weighted by Crippen LogP contribution is -2.24. The first-order valence-electron chi connectivity index (χ1n) is 5.60. The van der Waals surface area contributed by atoms with Gasteiger partial charge in [0.1, 0.15) is 11.9 Å². The first kappa shape index (κ1) is 11.6. The Kier molecular flexibility index (Phi) is 3.26. The monoisotopic (exact) mass is 224 g/mol. The number of ether oxygens (including phenoxy) is 1. The minimum Gasteiger partial charge on any atom is -0.386 e. The van der Waals surface area contributed by atoms with Crippen LogP contribution >= 0.6 is 0 Å². The van der Waals surface area contributed by atoms with Crippen LogP contribution in [0.25, 0.3) is 0 Å². The summed E-state index contributed by atoms with van der Waals surface area (Å²) in [6.07, 6.45) is 0.972. The molecule has 1 saturated carbocycles. The van der Waals surface area contributed by atoms with Gasteiger partial charge in [-0.25, -0.2) is 4.39 Å². The molecule has 0 saturated heterocycles. The van der Waals surface area contributed by atoms with Crippen molar-refractivity contribution in [3.63, 3.8) is 0 Å². The van der Waals surface area contributed by atoms with Crippen LogP contribution in [0.1, 0.15) is 30.1 Å². The Hall–Kier alpha value is -0.930. The van der Waals surface area contributed by atoms with Crippen LogP contribution in [0.2, 0.25) is 0 Å². The Morgan fingerprint density at radius 2 is 2.12 bits per heavy atom. The number of benzene rings is 1. The fraction of sp³-hybridized carbons (Fsp3) is 0.538. The smallest absolute Gasteiger partial charge is 0.129 e. The summed E-state index contributed by atoms with van der Waals surface area (Å²) >= 11 is 0. The standard InChI is InChI=1S/C13H17FO2/c1-8-3-6-11(14)10(7-8)12(15)13(16-2)9-4-5-9/h3,6-7,9,12-13,15H,4-5H2,1-2H3. The maximum Gasteiger partial charge on any atom is 0.129 e. The van der Waals surface area contributed by atoms with Crippen LogP contribution in [0.4, 0.5) is 4.39 Å². The van der Waals surface area contributed by atoms with Crippen molar-refractivity contribution in [2.75, 3.05) is 7.11 Å². The topological polar surface area (TPSA) is 29.5 Å². The zero-order valence-electron chi connectivity index (χ0n) is 9.61. The molecular formula is C13H17FO2. The minimum atomic E-state index is -0.864. The molecule has 88 valence electrons. The molecule has 0 radical (unpaired) electrons. The SMILES string of the molecule is COC(C1CC1)C(O)c1cc(C)ccc1F. The zero-order valence-corrected chi connectivity index (χ0v) is 9.61. The molecule has 2 atom stereocenters. The lowest BCUT2D eigenvalue weighted by atomic mass is 9.99. The summed E-state index contributed by atoms with van der Waals surface area (Å²) in [5, 5.41) is 10.1. The van der Waals surface area contributed by atoms with Crippen molar-refractivity contribution in [1.29, 1.82) is 0 Å². The Bertz CT molecular complexity index is 374. The third-order valence-electron chi connectivity index (χ3n) is 3.14. The lowest BCUT2D eigenvalue weighted by Gasteiger charge is -2.22. The normalized spacial score (nSPS) is 19.5. The molecule has 2 rings (SSSR count). The summed E-state index contributed by atoms with van der Waals surface area (Å²) in [5.41, 5.74) is 1.29. The van der Waals surface area contributed by atoms with Gasteiger partial charge in [-0.15, -0.1) is 0 Å². The first-order valence-corrected chi connectivity index (χ1v) is 5.60. The van der Waals surface area contributed by atoms with Gasteiger partial charge in [0.15, 0.2) is 0 Å². The van der Waals surface area contributed by atoms with Gasteiger partial charge in [0.25, 0.3) is 0 Å². The Labute approximate surface area is 95.1 Å². The van der Waals surface area contributed by atoms with Crippen LogP contribution in [-0.4, -0.2) is 18.3 Å². The van der Waals surface area contributed by atoms with Crippen LogP contribution in [0.5, 0.6) is 0 Å². The van der Waals surface area contributed by atoms with Gasteiger partial charge in [0, 0.05) is 12.7 Å². The number of methoxy groups -OCH3 is 1. The van der Waals surface area contributed by atoms with E-state index >= 15 is 0 Å². The number of aryl methyl sites for hydroxylation is 1. The van der Waals surface area contributed by atoms with E-state index in [2.05, 4.69) is 0 Å². The maximum atomic E-state index is 13.6. The van der Waals surface area contributed by atoms with Gasteiger partial charge in [0.05, 0.1) is 6.10 Å². The highest BCUT2D eigenvalue weighted by molar-refractivity contribution is 5.27. The van der Waals surface area contributed by atoms with Crippen LogP contribution in [-0.2, 0) is 4.74 Å². The van der Waals surface area contributed by atoms with Crippen molar-refractivity contribution >= 4 is 0 Å². The van der Waals surface area contributed by atoms with Crippen LogP contribution in [0.3, 0.4) is 0 Å². The van der Waals surface area contributed by atoms with Crippen molar-refractivity contribution in [2.24, 2.45) is 5.92 Å². The summed E-state index contributed by atoms with van der Waals surface area (Å²) in [5.74, 6) is 0.0145. The predicted octanol–water partition coefficient (Wildman–Crippen LogP) is 2.59. The average molecular weight is 224 g/mol. The van der Waals surface area contributed by atoms with Gasteiger partial charge in [-0.1, -0.05) is 17.7 Å². The van der Waals surface area contributed by atoms with Gasteiger partial charge in [0.2, 0.25) is 0 Å². The number of aliphatic hydroxyl groups excluding tert-OH is 1. The van der Waals surface area contributed by atoms with Crippen LogP contribution in [0, 0.1) is 18.7 Å². The Morgan fingerprint density at radius 3 is 2.69 bits per heavy atom. The van der Waals surface area contributed by atoms with E-state index < -0.39 is 6.10 Å². The summed E-state index contributed by atoms with van der Waals surface area (Å²) in [6.45, 7) is 1.88. The molecule has 0 aliphatic heterocycles. The highest BCUT2D eigenvalue weighted by Crippen LogP contribution is 2.40. The second-order valence-corrected chi connectivity index (χ2v) is 4.51. The first-order chi connectivity index (χ1) is 7.63. The van der Waals surface area contributed by atoms with E-state index in [0.717, 1.165) is 18.4 Å². The van der Waals surface area contributed by atoms with Gasteiger partial charge >= 0.3 is 0 Å². The van der Waals surface area contributed by atoms with Crippen molar-refractivity contribution < 1.29 is 14.2 Å². The van der Waals surface area contributed by atoms with Crippen molar-refractivity contribution in [3.05, 3.63) is 35.1 Å². The Balaban J connectivity index is 2.24. The summed E-state index contributed by atoms with van der Waals surface area (Å²) < 4.78 is 18.9. The fourth-order valence-corrected chi connectivity index (χ4v) is 2.07. The average Bonchev–Trinajstić information content (AvgIpc) is 3.07. The quantitative estimate of drug-likeness (QED) is 0.851. The third-order valence-corrected chi connectivity index (χ3v) is 3.14. The third kappa shape index (κ3) is 2.25. The summed E-state index contributed by atoms with van der Waals surface area (Å²) in [6, 6.07) is 4.78. The predicted molar refractivity (Wildman–Crippen MR) is 59.6 cm³/mol. The van der Waals surface area contributed by atoms with Gasteiger partial charge < -0.3 is 9.84 Å². The van der Waals surface area contributed by atoms with Gasteiger partial charge in [-0.05, 0) is 31.7 Å². The van der Waals surface area contributed by atoms with Crippen molar-refractivity contribution in [1.82, 2.24) is 0 Å². The highest BCUT2D eigenvalue weighted by atomic mass is 19.1. The van der Waals surface area contributed by atoms with Crippen molar-refractivity contribution in [3.8, 4) is 0 Å². The molecule has 2 nitrogen and oxygen atoms in total. The number of halogens is 1. The lowest BCUT2D eigenvalue weighted by molar-refractivity contribution is -0.0274. The molecule has 0 bridgehead atoms. The molecule has 0 amide bonds. The molecule has 0 aromatic heterocycles. The number of rotatable bonds is 4. The van der Waals surface area contributed by atoms with Gasteiger partial charge in [-0.2, -0.15) is 0 Å². The molecular weight excluding hydrogens is 207 g/mol. The van der Waals surface area contributed by atoms with E-state index in [-0.39, 0.29) is 11.9 Å². The molecule has 3 heteroatoms. The molecule has 1 aromatic carbocycles. The van der Waals surface area contributed by atoms with E-state index in [4.69, 9.17) is 4.74 Å². The molecule has 1 aliphatic carbocycles. The molecule has 0 heterocycles. The minimum absolute atomic E-state index is 0.281. The number of aliphatic hydroxyl groups is 1. The van der Waals surface area contributed by atoms with E-state index in [0.29, 0.717) is 11.5 Å². The summed E-state index contributed by atoms with van der Waals surface area (Å²) in [4.78, 5) is 0. The van der Waals surface area contributed by atoms with Crippen LogP contribution < -0.4 is 0 Å². The molecule has 1 aliphatic rings. The zero-order chi connectivity index (χ0) is 11.7. The van der Waals surface area contributed by atoms with Gasteiger partial charge in [-0.3, -0.25) is 0 Å². The fourth-order valence-electron chi connectivity index (χ4n) is 2.07. The van der Waals surface area contributed by atoms with E-state index in [1.807, 2.05) is 6.92 Å². The van der Waals surface area contributed by atoms with Crippen molar-refractivity contribution in [2.45, 2.75) is 32.0 Å². The molecule has 2 unspecified atom stereocenters. The highest BCUT2D eigenvalue weighted by Gasteiger charge is 2.37. The Morgan fingerprint density at radius 1 is 1.44 bits per heavy atom. The molecule has 1 N–H and O–H groups in total. The number of hydrogen-bond donors (Lipinski definition) is 1. The van der Waals surface area contributed by atoms with E-state index in [1.165, 1.54) is 6.07 Å². The summed E-state index contributed by atoms with van der Waals surface area (Å²) in [7, 11) is 1.57. The number of hydrogen-bond acceptors (Lipinski definition) is 2. The maximum absolute atomic E-state index is 13.6. The largest absolute Gasteiger partial charge is 0.386 e. The molecule has 1 fully saturated rings. The van der Waals surface area contributed by atoms with E-state index in [1.54, 1.807) is 19.2 Å². The second kappa shape index (κ2) is 4.52. The molecule has 1 aromatic rings. The van der Waals surface area contributed by atoms with E-state index in [9.17, 15) is 9.50 Å².